The fourth-order valence-electron chi connectivity index (χ4n) is 1.53. The minimum absolute atomic E-state index is 0.0581. The molecule has 4 nitrogen and oxygen atoms in total. The second-order valence-corrected chi connectivity index (χ2v) is 3.71. The van der Waals surface area contributed by atoms with Gasteiger partial charge >= 0.3 is 5.97 Å². The van der Waals surface area contributed by atoms with E-state index < -0.39 is 23.3 Å². The van der Waals surface area contributed by atoms with Gasteiger partial charge in [0.2, 0.25) is 0 Å². The minimum Gasteiger partial charge on any atom is -0.479 e. The Balaban J connectivity index is 3.04. The molecule has 0 amide bonds. The largest absolute Gasteiger partial charge is 0.479 e. The number of carbonyl (C=O) groups is 1. The van der Waals surface area contributed by atoms with Gasteiger partial charge in [-0.25, -0.2) is 9.18 Å². The molecule has 1 heterocycles. The number of hydrogen-bond donors (Lipinski definition) is 2. The maximum absolute atomic E-state index is 12.6. The van der Waals surface area contributed by atoms with E-state index in [1.807, 2.05) is 0 Å². The molecule has 0 aliphatic carbocycles. The van der Waals surface area contributed by atoms with Gasteiger partial charge < -0.3 is 10.2 Å². The molecular formula is C11H14FNO3. The van der Waals surface area contributed by atoms with Gasteiger partial charge in [0.05, 0.1) is 6.20 Å². The second kappa shape index (κ2) is 4.57. The van der Waals surface area contributed by atoms with Gasteiger partial charge in [-0.2, -0.15) is 0 Å². The molecule has 1 aromatic rings. The maximum atomic E-state index is 12.6. The third-order valence-corrected chi connectivity index (χ3v) is 2.82. The highest BCUT2D eigenvalue weighted by Crippen LogP contribution is 2.29. The Labute approximate surface area is 92.8 Å². The lowest BCUT2D eigenvalue weighted by molar-refractivity contribution is -0.161. The summed E-state index contributed by atoms with van der Waals surface area (Å²) in [5, 5.41) is 18.9. The lowest BCUT2D eigenvalue weighted by Crippen LogP contribution is -2.43. The topological polar surface area (TPSA) is 70.4 Å². The molecule has 0 saturated heterocycles. The molecule has 5 heteroatoms. The fraction of sp³-hybridized carbons (Fsp3) is 0.455. The van der Waals surface area contributed by atoms with Crippen LogP contribution in [0.15, 0.2) is 18.3 Å². The fourth-order valence-corrected chi connectivity index (χ4v) is 1.53. The van der Waals surface area contributed by atoms with Crippen molar-refractivity contribution in [1.29, 1.82) is 0 Å². The summed E-state index contributed by atoms with van der Waals surface area (Å²) in [6, 6.07) is 2.57. The zero-order valence-corrected chi connectivity index (χ0v) is 9.14. The summed E-state index contributed by atoms with van der Waals surface area (Å²) >= 11 is 0. The first-order valence-corrected chi connectivity index (χ1v) is 4.99. The Kier molecular flexibility index (Phi) is 3.59. The molecule has 1 rings (SSSR count). The van der Waals surface area contributed by atoms with Gasteiger partial charge in [0.15, 0.2) is 5.60 Å². The number of halogens is 1. The highest BCUT2D eigenvalue weighted by Gasteiger charge is 2.41. The van der Waals surface area contributed by atoms with Crippen LogP contribution in [0.5, 0.6) is 0 Å². The van der Waals surface area contributed by atoms with Crippen molar-refractivity contribution < 1.29 is 19.4 Å². The molecule has 16 heavy (non-hydrogen) atoms. The normalized spacial score (nSPS) is 16.5. The zero-order chi connectivity index (χ0) is 12.3. The SMILES string of the molecule is CCC(O)(C(=O)O)C(C)c1ccc(F)cn1. The van der Waals surface area contributed by atoms with Crippen molar-refractivity contribution >= 4 is 5.97 Å². The lowest BCUT2D eigenvalue weighted by atomic mass is 9.84. The summed E-state index contributed by atoms with van der Waals surface area (Å²) in [6.07, 6.45) is 1.06. The number of rotatable bonds is 4. The van der Waals surface area contributed by atoms with Crippen molar-refractivity contribution in [3.8, 4) is 0 Å². The molecule has 2 N–H and O–H groups in total. The van der Waals surface area contributed by atoms with Crippen LogP contribution in [0.3, 0.4) is 0 Å². The van der Waals surface area contributed by atoms with E-state index in [-0.39, 0.29) is 6.42 Å². The van der Waals surface area contributed by atoms with E-state index in [9.17, 15) is 14.3 Å². The highest BCUT2D eigenvalue weighted by molar-refractivity contribution is 5.78. The molecule has 1 aromatic heterocycles. The second-order valence-electron chi connectivity index (χ2n) is 3.71. The van der Waals surface area contributed by atoms with E-state index in [0.717, 1.165) is 6.20 Å². The van der Waals surface area contributed by atoms with Crippen LogP contribution in [0.1, 0.15) is 31.9 Å². The lowest BCUT2D eigenvalue weighted by Gasteiger charge is -2.28. The molecule has 2 atom stereocenters. The average molecular weight is 227 g/mol. The molecule has 0 bridgehead atoms. The monoisotopic (exact) mass is 227 g/mol. The van der Waals surface area contributed by atoms with Gasteiger partial charge in [-0.05, 0) is 18.6 Å². The molecule has 0 aliphatic heterocycles. The van der Waals surface area contributed by atoms with Crippen molar-refractivity contribution in [2.45, 2.75) is 31.8 Å². The van der Waals surface area contributed by atoms with Crippen LogP contribution in [0.2, 0.25) is 0 Å². The Hall–Kier alpha value is -1.49. The van der Waals surface area contributed by atoms with Gasteiger partial charge in [0.25, 0.3) is 0 Å². The average Bonchev–Trinajstić information content (AvgIpc) is 2.27. The maximum Gasteiger partial charge on any atom is 0.336 e. The number of carboxylic acid groups (broad SMARTS) is 1. The van der Waals surface area contributed by atoms with Crippen molar-refractivity contribution in [3.05, 3.63) is 29.8 Å². The number of carboxylic acids is 1. The number of nitrogens with zero attached hydrogens (tertiary/aromatic N) is 1. The molecule has 0 aromatic carbocycles. The first-order chi connectivity index (χ1) is 7.41. The molecule has 88 valence electrons. The predicted octanol–water partition coefficient (Wildman–Crippen LogP) is 1.55. The first kappa shape index (κ1) is 12.6. The molecule has 2 unspecified atom stereocenters. The molecular weight excluding hydrogens is 213 g/mol. The summed E-state index contributed by atoms with van der Waals surface area (Å²) in [5.74, 6) is -2.49. The highest BCUT2D eigenvalue weighted by atomic mass is 19.1. The number of aromatic nitrogens is 1. The van der Waals surface area contributed by atoms with Crippen LogP contribution in [-0.2, 0) is 4.79 Å². The van der Waals surface area contributed by atoms with Crippen LogP contribution in [0.25, 0.3) is 0 Å². The molecule has 0 spiro atoms. The molecule has 0 radical (unpaired) electrons. The standard InChI is InChI=1S/C11H14FNO3/c1-3-11(16,10(14)15)7(2)9-5-4-8(12)6-13-9/h4-7,16H,3H2,1-2H3,(H,14,15). The quantitative estimate of drug-likeness (QED) is 0.818. The summed E-state index contributed by atoms with van der Waals surface area (Å²) in [5.41, 5.74) is -1.52. The van der Waals surface area contributed by atoms with Gasteiger partial charge in [-0.15, -0.1) is 0 Å². The van der Waals surface area contributed by atoms with Crippen molar-refractivity contribution in [3.63, 3.8) is 0 Å². The van der Waals surface area contributed by atoms with Crippen LogP contribution < -0.4 is 0 Å². The summed E-state index contributed by atoms with van der Waals surface area (Å²) < 4.78 is 12.6. The number of aliphatic hydroxyl groups is 1. The smallest absolute Gasteiger partial charge is 0.336 e. The van der Waals surface area contributed by atoms with Crippen molar-refractivity contribution in [2.24, 2.45) is 0 Å². The molecule has 0 fully saturated rings. The Morgan fingerprint density at radius 2 is 2.25 bits per heavy atom. The van der Waals surface area contributed by atoms with Gasteiger partial charge in [0.1, 0.15) is 5.82 Å². The molecule has 0 aliphatic rings. The van der Waals surface area contributed by atoms with Crippen LogP contribution >= 0.6 is 0 Å². The zero-order valence-electron chi connectivity index (χ0n) is 9.14. The number of pyridine rings is 1. The van der Waals surface area contributed by atoms with Crippen molar-refractivity contribution in [2.75, 3.05) is 0 Å². The van der Waals surface area contributed by atoms with E-state index in [4.69, 9.17) is 5.11 Å². The molecule has 0 saturated carbocycles. The van der Waals surface area contributed by atoms with E-state index in [2.05, 4.69) is 4.98 Å². The number of hydrogen-bond acceptors (Lipinski definition) is 3. The van der Waals surface area contributed by atoms with Crippen LogP contribution in [-0.4, -0.2) is 26.8 Å². The van der Waals surface area contributed by atoms with E-state index >= 15 is 0 Å². The van der Waals surface area contributed by atoms with Crippen LogP contribution in [0, 0.1) is 5.82 Å². The third kappa shape index (κ3) is 2.19. The third-order valence-electron chi connectivity index (χ3n) is 2.82. The Bertz CT molecular complexity index is 379. The van der Waals surface area contributed by atoms with E-state index in [1.54, 1.807) is 13.8 Å². The van der Waals surface area contributed by atoms with Gasteiger partial charge in [0, 0.05) is 11.6 Å². The summed E-state index contributed by atoms with van der Waals surface area (Å²) in [4.78, 5) is 14.8. The Morgan fingerprint density at radius 1 is 1.62 bits per heavy atom. The Morgan fingerprint density at radius 3 is 2.62 bits per heavy atom. The van der Waals surface area contributed by atoms with Gasteiger partial charge in [-0.1, -0.05) is 13.8 Å². The number of aliphatic carboxylic acids is 1. The minimum atomic E-state index is -1.87. The van der Waals surface area contributed by atoms with Gasteiger partial charge in [-0.3, -0.25) is 4.98 Å². The van der Waals surface area contributed by atoms with Crippen LogP contribution in [0.4, 0.5) is 4.39 Å². The predicted molar refractivity (Wildman–Crippen MR) is 55.5 cm³/mol. The first-order valence-electron chi connectivity index (χ1n) is 4.99. The van der Waals surface area contributed by atoms with Crippen molar-refractivity contribution in [1.82, 2.24) is 4.98 Å². The summed E-state index contributed by atoms with van der Waals surface area (Å²) in [6.45, 7) is 3.13. The van der Waals surface area contributed by atoms with E-state index in [1.165, 1.54) is 12.1 Å². The van der Waals surface area contributed by atoms with E-state index in [0.29, 0.717) is 5.69 Å². The summed E-state index contributed by atoms with van der Waals surface area (Å²) in [7, 11) is 0.